The second-order valence-corrected chi connectivity index (χ2v) is 11.8. The van der Waals surface area contributed by atoms with Crippen LogP contribution in [-0.2, 0) is 34.7 Å². The zero-order chi connectivity index (χ0) is 25.8. The molecule has 36 heavy (non-hydrogen) atoms. The molecule has 1 aromatic carbocycles. The quantitative estimate of drug-likeness (QED) is 0.493. The van der Waals surface area contributed by atoms with E-state index in [-0.39, 0.29) is 11.7 Å². The van der Waals surface area contributed by atoms with Gasteiger partial charge in [-0.2, -0.15) is 5.10 Å². The Hall–Kier alpha value is -3.53. The number of Topliss-reactive ketones (excluding diaryl/α,β-unsaturated/α-hetero) is 1. The van der Waals surface area contributed by atoms with E-state index < -0.39 is 10.0 Å². The number of ketones is 1. The van der Waals surface area contributed by atoms with Crippen molar-refractivity contribution < 1.29 is 13.2 Å². The normalized spacial score (nSPS) is 15.0. The Morgan fingerprint density at radius 2 is 1.94 bits per heavy atom. The van der Waals surface area contributed by atoms with Crippen LogP contribution >= 0.6 is 0 Å². The molecule has 1 aliphatic carbocycles. The Morgan fingerprint density at radius 1 is 1.19 bits per heavy atom. The van der Waals surface area contributed by atoms with Crippen LogP contribution in [0.5, 0.6) is 0 Å². The van der Waals surface area contributed by atoms with Crippen LogP contribution in [0.4, 0.5) is 22.7 Å². The number of aryl methyl sites for hydroxylation is 2. The smallest absolute Gasteiger partial charge is 0.232 e. The molecule has 0 unspecified atom stereocenters. The lowest BCUT2D eigenvalue weighted by Gasteiger charge is -2.23. The van der Waals surface area contributed by atoms with Crippen molar-refractivity contribution in [2.45, 2.75) is 39.5 Å². The summed E-state index contributed by atoms with van der Waals surface area (Å²) in [7, 11) is -0.142. The van der Waals surface area contributed by atoms with E-state index in [1.807, 2.05) is 51.4 Å². The second kappa shape index (κ2) is 8.85. The first-order valence-electron chi connectivity index (χ1n) is 11.9. The maximum atomic E-state index is 12.5. The highest BCUT2D eigenvalue weighted by Crippen LogP contribution is 2.40. The third-order valence-corrected chi connectivity index (χ3v) is 7.85. The van der Waals surface area contributed by atoms with Gasteiger partial charge in [0.2, 0.25) is 10.0 Å². The van der Waals surface area contributed by atoms with Crippen molar-refractivity contribution in [2.75, 3.05) is 22.9 Å². The van der Waals surface area contributed by atoms with Gasteiger partial charge in [0.15, 0.2) is 0 Å². The minimum atomic E-state index is -3.53. The Balaban J connectivity index is 1.58. The minimum absolute atomic E-state index is 0.160. The van der Waals surface area contributed by atoms with Crippen LogP contribution in [0, 0.1) is 12.8 Å². The molecule has 2 aliphatic rings. The van der Waals surface area contributed by atoms with Gasteiger partial charge in [-0.05, 0) is 50.5 Å². The topological polar surface area (TPSA) is 110 Å². The molecule has 2 aromatic heterocycles. The lowest BCUT2D eigenvalue weighted by atomic mass is 10.0. The van der Waals surface area contributed by atoms with Crippen molar-refractivity contribution in [2.24, 2.45) is 18.0 Å². The van der Waals surface area contributed by atoms with Crippen LogP contribution in [0.2, 0.25) is 0 Å². The molecule has 9 nitrogen and oxygen atoms in total. The maximum Gasteiger partial charge on any atom is 0.232 e. The molecule has 0 radical (unpaired) electrons. The standard InChI is InChI=1S/C26H30N6O3S/c1-15-10-22-26(27-15)23(12-19(28-22)13-25(33)17-6-7-17)29-21-9-8-18(20-14-31(3)30-16(20)2)11-24(21)32(4)36(5,34)35/h8-9,11-12,14,17H,6-7,10,13H2,1-5H3,(H,28,29). The molecule has 0 amide bonds. The Kier molecular flexibility index (Phi) is 5.94. The maximum absolute atomic E-state index is 12.5. The van der Waals surface area contributed by atoms with Crippen molar-refractivity contribution in [1.29, 1.82) is 0 Å². The van der Waals surface area contributed by atoms with Gasteiger partial charge in [0.1, 0.15) is 11.5 Å². The van der Waals surface area contributed by atoms with Crippen LogP contribution in [0.3, 0.4) is 0 Å². The van der Waals surface area contributed by atoms with Gasteiger partial charge in [-0.15, -0.1) is 0 Å². The number of carbonyl (C=O) groups excluding carboxylic acids is 1. The number of nitrogens with one attached hydrogen (secondary N) is 1. The number of anilines is 3. The number of pyridine rings is 1. The molecule has 5 rings (SSSR count). The third kappa shape index (κ3) is 4.77. The van der Waals surface area contributed by atoms with Gasteiger partial charge in [0.05, 0.1) is 40.4 Å². The molecule has 10 heteroatoms. The number of hydrogen-bond donors (Lipinski definition) is 1. The van der Waals surface area contributed by atoms with Gasteiger partial charge in [-0.1, -0.05) is 6.07 Å². The number of hydrogen-bond acceptors (Lipinski definition) is 7. The highest BCUT2D eigenvalue weighted by molar-refractivity contribution is 7.92. The van der Waals surface area contributed by atoms with E-state index in [1.54, 1.807) is 4.68 Å². The molecule has 3 aromatic rings. The second-order valence-electron chi connectivity index (χ2n) is 9.79. The van der Waals surface area contributed by atoms with Crippen LogP contribution in [-0.4, -0.2) is 48.0 Å². The average Bonchev–Trinajstić information content (AvgIpc) is 3.50. The average molecular weight is 507 g/mol. The number of nitrogens with zero attached hydrogens (tertiary/aromatic N) is 5. The fourth-order valence-electron chi connectivity index (χ4n) is 4.56. The SMILES string of the molecule is CC1=Nc2c(Nc3ccc(-c4cn(C)nc4C)cc3N(C)S(C)(=O)=O)cc(CC(=O)C3CC3)nc2C1. The Bertz CT molecular complexity index is 1520. The highest BCUT2D eigenvalue weighted by Gasteiger charge is 2.30. The van der Waals surface area contributed by atoms with E-state index >= 15 is 0 Å². The molecular weight excluding hydrogens is 476 g/mol. The van der Waals surface area contributed by atoms with E-state index in [0.717, 1.165) is 46.8 Å². The van der Waals surface area contributed by atoms with Crippen molar-refractivity contribution in [1.82, 2.24) is 14.8 Å². The molecule has 0 bridgehead atoms. The molecule has 0 saturated heterocycles. The van der Waals surface area contributed by atoms with E-state index in [9.17, 15) is 13.2 Å². The molecular formula is C26H30N6O3S. The fourth-order valence-corrected chi connectivity index (χ4v) is 5.06. The number of aliphatic imine (C=N–C) groups is 1. The monoisotopic (exact) mass is 506 g/mol. The predicted molar refractivity (Wildman–Crippen MR) is 142 cm³/mol. The van der Waals surface area contributed by atoms with Gasteiger partial charge >= 0.3 is 0 Å². The van der Waals surface area contributed by atoms with Gasteiger partial charge in [-0.3, -0.25) is 23.8 Å². The van der Waals surface area contributed by atoms with Crippen LogP contribution in [0.25, 0.3) is 11.1 Å². The number of benzene rings is 1. The first kappa shape index (κ1) is 24.2. The number of rotatable bonds is 8. The fraction of sp³-hybridized carbons (Fsp3) is 0.385. The summed E-state index contributed by atoms with van der Waals surface area (Å²) >= 11 is 0. The molecule has 1 aliphatic heterocycles. The van der Waals surface area contributed by atoms with Gasteiger partial charge in [-0.25, -0.2) is 8.42 Å². The molecule has 0 spiro atoms. The summed E-state index contributed by atoms with van der Waals surface area (Å²) in [5.41, 5.74) is 7.68. The molecule has 0 atom stereocenters. The zero-order valence-corrected chi connectivity index (χ0v) is 22.0. The van der Waals surface area contributed by atoms with Crippen molar-refractivity contribution in [3.63, 3.8) is 0 Å². The summed E-state index contributed by atoms with van der Waals surface area (Å²) in [6.07, 6.45) is 5.93. The predicted octanol–water partition coefficient (Wildman–Crippen LogP) is 4.10. The van der Waals surface area contributed by atoms with Gasteiger partial charge < -0.3 is 5.32 Å². The van der Waals surface area contributed by atoms with E-state index in [1.165, 1.54) is 17.6 Å². The van der Waals surface area contributed by atoms with E-state index in [0.29, 0.717) is 35.6 Å². The highest BCUT2D eigenvalue weighted by atomic mass is 32.2. The molecule has 1 saturated carbocycles. The summed E-state index contributed by atoms with van der Waals surface area (Å²) in [6.45, 7) is 3.88. The Morgan fingerprint density at radius 3 is 2.58 bits per heavy atom. The number of aromatic nitrogens is 3. The number of sulfonamides is 1. The largest absolute Gasteiger partial charge is 0.352 e. The summed E-state index contributed by atoms with van der Waals surface area (Å²) in [6, 6.07) is 7.52. The Labute approximate surface area is 211 Å². The molecule has 1 fully saturated rings. The van der Waals surface area contributed by atoms with Crippen molar-refractivity contribution in [3.05, 3.63) is 47.5 Å². The molecule has 3 heterocycles. The van der Waals surface area contributed by atoms with Crippen LogP contribution in [0.15, 0.2) is 35.5 Å². The molecule has 188 valence electrons. The number of fused-ring (bicyclic) bond motifs is 1. The third-order valence-electron chi connectivity index (χ3n) is 6.66. The summed E-state index contributed by atoms with van der Waals surface area (Å²) in [4.78, 5) is 21.9. The number of carbonyl (C=O) groups is 1. The van der Waals surface area contributed by atoms with Crippen molar-refractivity contribution >= 4 is 44.3 Å². The van der Waals surface area contributed by atoms with E-state index in [4.69, 9.17) is 4.98 Å². The summed E-state index contributed by atoms with van der Waals surface area (Å²) in [5, 5.41) is 7.84. The lowest BCUT2D eigenvalue weighted by molar-refractivity contribution is -0.119. The lowest BCUT2D eigenvalue weighted by Crippen LogP contribution is -2.25. The van der Waals surface area contributed by atoms with E-state index in [2.05, 4.69) is 15.4 Å². The van der Waals surface area contributed by atoms with Gasteiger partial charge in [0, 0.05) is 50.3 Å². The van der Waals surface area contributed by atoms with Crippen LogP contribution < -0.4 is 9.62 Å². The first-order valence-corrected chi connectivity index (χ1v) is 13.8. The zero-order valence-electron chi connectivity index (χ0n) is 21.2. The van der Waals surface area contributed by atoms with Crippen LogP contribution in [0.1, 0.15) is 36.8 Å². The minimum Gasteiger partial charge on any atom is -0.352 e. The first-order chi connectivity index (χ1) is 17.0. The van der Waals surface area contributed by atoms with Gasteiger partial charge in [0.25, 0.3) is 0 Å². The summed E-state index contributed by atoms with van der Waals surface area (Å²) < 4.78 is 28.1. The van der Waals surface area contributed by atoms with Crippen molar-refractivity contribution in [3.8, 4) is 11.1 Å². The summed E-state index contributed by atoms with van der Waals surface area (Å²) in [5.74, 6) is 0.380. The molecule has 1 N–H and O–H groups in total.